The Kier molecular flexibility index (Phi) is 7.18. The van der Waals surface area contributed by atoms with Gasteiger partial charge in [-0.1, -0.05) is 19.9 Å². The van der Waals surface area contributed by atoms with Crippen LogP contribution < -0.4 is 4.74 Å². The molecular formula is C24H30N2O4S. The fourth-order valence-corrected chi connectivity index (χ4v) is 4.60. The molecule has 2 heterocycles. The standard InChI is InChI=1S/C24H30N2O4S/c1-6-30-18-10-9-16(14-17(18)15(2)3)22(27)20-21(19-8-7-13-31-19)26(12-11-25(4)5)24(29)23(20)28/h7-10,13-15,21,27H,6,11-12H2,1-5H3/b22-20-. The summed E-state index contributed by atoms with van der Waals surface area (Å²) >= 11 is 1.47. The third kappa shape index (κ3) is 4.67. The summed E-state index contributed by atoms with van der Waals surface area (Å²) in [6.45, 7) is 7.59. The number of hydrogen-bond acceptors (Lipinski definition) is 6. The number of benzene rings is 1. The lowest BCUT2D eigenvalue weighted by molar-refractivity contribution is -0.140. The maximum atomic E-state index is 13.0. The zero-order chi connectivity index (χ0) is 22.7. The van der Waals surface area contributed by atoms with Gasteiger partial charge in [-0.15, -0.1) is 11.3 Å². The number of carbonyl (C=O) groups is 2. The molecule has 1 N–H and O–H groups in total. The summed E-state index contributed by atoms with van der Waals surface area (Å²) in [5.41, 5.74) is 1.60. The second-order valence-corrected chi connectivity index (χ2v) is 9.13. The van der Waals surface area contributed by atoms with Gasteiger partial charge in [-0.2, -0.15) is 0 Å². The van der Waals surface area contributed by atoms with E-state index in [1.54, 1.807) is 11.0 Å². The molecule has 6 nitrogen and oxygen atoms in total. The first-order valence-corrected chi connectivity index (χ1v) is 11.4. The maximum absolute atomic E-state index is 13.0. The molecule has 1 atom stereocenters. The van der Waals surface area contributed by atoms with Crippen molar-refractivity contribution in [1.82, 2.24) is 9.80 Å². The lowest BCUT2D eigenvalue weighted by Crippen LogP contribution is -2.35. The third-order valence-corrected chi connectivity index (χ3v) is 6.27. The summed E-state index contributed by atoms with van der Waals surface area (Å²) in [7, 11) is 3.84. The van der Waals surface area contributed by atoms with Crippen molar-refractivity contribution in [2.45, 2.75) is 32.7 Å². The number of likely N-dealkylation sites (N-methyl/N-ethyl adjacent to an activating group) is 1. The zero-order valence-electron chi connectivity index (χ0n) is 18.7. The van der Waals surface area contributed by atoms with Crippen molar-refractivity contribution >= 4 is 28.8 Å². The highest BCUT2D eigenvalue weighted by Crippen LogP contribution is 2.41. The van der Waals surface area contributed by atoms with Crippen LogP contribution in [0.15, 0.2) is 41.3 Å². The minimum atomic E-state index is -0.644. The first-order chi connectivity index (χ1) is 14.8. The van der Waals surface area contributed by atoms with Gasteiger partial charge in [0.15, 0.2) is 0 Å². The predicted octanol–water partition coefficient (Wildman–Crippen LogP) is 4.25. The third-order valence-electron chi connectivity index (χ3n) is 5.35. The summed E-state index contributed by atoms with van der Waals surface area (Å²) in [5, 5.41) is 13.1. The van der Waals surface area contributed by atoms with Crippen LogP contribution in [-0.4, -0.2) is 60.4 Å². The van der Waals surface area contributed by atoms with Gasteiger partial charge in [0.2, 0.25) is 0 Å². The molecule has 1 aromatic heterocycles. The molecule has 0 aliphatic carbocycles. The Balaban J connectivity index is 2.12. The zero-order valence-corrected chi connectivity index (χ0v) is 19.5. The highest BCUT2D eigenvalue weighted by Gasteiger charge is 2.46. The van der Waals surface area contributed by atoms with Crippen molar-refractivity contribution in [1.29, 1.82) is 0 Å². The molecule has 1 aliphatic heterocycles. The highest BCUT2D eigenvalue weighted by molar-refractivity contribution is 7.10. The molecular weight excluding hydrogens is 412 g/mol. The molecule has 166 valence electrons. The number of aliphatic hydroxyl groups excluding tert-OH is 1. The number of carbonyl (C=O) groups excluding carboxylic acids is 2. The summed E-state index contributed by atoms with van der Waals surface area (Å²) in [4.78, 5) is 30.3. The van der Waals surface area contributed by atoms with Crippen LogP contribution >= 0.6 is 11.3 Å². The van der Waals surface area contributed by atoms with E-state index in [0.29, 0.717) is 25.3 Å². The van der Waals surface area contributed by atoms with Crippen LogP contribution in [0.3, 0.4) is 0 Å². The largest absolute Gasteiger partial charge is 0.507 e. The number of nitrogens with zero attached hydrogens (tertiary/aromatic N) is 2. The Hall–Kier alpha value is -2.64. The molecule has 1 amide bonds. The maximum Gasteiger partial charge on any atom is 0.295 e. The molecule has 2 aromatic rings. The Bertz CT molecular complexity index is 979. The number of ether oxygens (including phenoxy) is 1. The van der Waals surface area contributed by atoms with Crippen LogP contribution in [0.5, 0.6) is 5.75 Å². The molecule has 3 rings (SSSR count). The molecule has 1 aliphatic rings. The predicted molar refractivity (Wildman–Crippen MR) is 124 cm³/mol. The molecule has 0 spiro atoms. The van der Waals surface area contributed by atoms with Crippen LogP contribution in [0.1, 0.15) is 48.7 Å². The number of Topliss-reactive ketones (excluding diaryl/α,β-unsaturated/α-hetero) is 1. The van der Waals surface area contributed by atoms with E-state index in [4.69, 9.17) is 4.74 Å². The van der Waals surface area contributed by atoms with Crippen molar-refractivity contribution in [3.8, 4) is 5.75 Å². The first kappa shape index (κ1) is 23.0. The van der Waals surface area contributed by atoms with Crippen LogP contribution in [0.25, 0.3) is 5.76 Å². The van der Waals surface area contributed by atoms with E-state index >= 15 is 0 Å². The van der Waals surface area contributed by atoms with E-state index in [1.165, 1.54) is 11.3 Å². The summed E-state index contributed by atoms with van der Waals surface area (Å²) in [6, 6.07) is 8.61. The number of rotatable bonds is 8. The van der Waals surface area contributed by atoms with Crippen molar-refractivity contribution in [2.75, 3.05) is 33.8 Å². The Morgan fingerprint density at radius 2 is 2.00 bits per heavy atom. The molecule has 1 saturated heterocycles. The Labute approximate surface area is 187 Å². The fourth-order valence-electron chi connectivity index (χ4n) is 3.75. The number of thiophene rings is 1. The molecule has 31 heavy (non-hydrogen) atoms. The summed E-state index contributed by atoms with van der Waals surface area (Å²) in [6.07, 6.45) is 0. The van der Waals surface area contributed by atoms with Crippen molar-refractivity contribution in [2.24, 2.45) is 0 Å². The SMILES string of the molecule is CCOc1ccc(/C(O)=C2/C(=O)C(=O)N(CCN(C)C)C2c2cccs2)cc1C(C)C. The van der Waals surface area contributed by atoms with Gasteiger partial charge in [0.1, 0.15) is 11.5 Å². The van der Waals surface area contributed by atoms with Gasteiger partial charge in [-0.05, 0) is 62.1 Å². The van der Waals surface area contributed by atoms with Crippen molar-refractivity contribution < 1.29 is 19.4 Å². The number of amides is 1. The van der Waals surface area contributed by atoms with Gasteiger partial charge in [0.25, 0.3) is 11.7 Å². The van der Waals surface area contributed by atoms with Gasteiger partial charge in [-0.25, -0.2) is 0 Å². The molecule has 1 aromatic carbocycles. The molecule has 1 unspecified atom stereocenters. The smallest absolute Gasteiger partial charge is 0.295 e. The van der Waals surface area contributed by atoms with Gasteiger partial charge >= 0.3 is 0 Å². The number of hydrogen-bond donors (Lipinski definition) is 1. The van der Waals surface area contributed by atoms with E-state index in [-0.39, 0.29) is 17.3 Å². The first-order valence-electron chi connectivity index (χ1n) is 10.5. The second-order valence-electron chi connectivity index (χ2n) is 8.15. The summed E-state index contributed by atoms with van der Waals surface area (Å²) < 4.78 is 5.72. The van der Waals surface area contributed by atoms with E-state index in [2.05, 4.69) is 0 Å². The lowest BCUT2D eigenvalue weighted by Gasteiger charge is -2.25. The molecule has 0 bridgehead atoms. The Morgan fingerprint density at radius 1 is 1.26 bits per heavy atom. The molecule has 1 fully saturated rings. The number of aliphatic hydroxyl groups is 1. The number of ketones is 1. The van der Waals surface area contributed by atoms with Gasteiger partial charge in [-0.3, -0.25) is 9.59 Å². The monoisotopic (exact) mass is 442 g/mol. The number of likely N-dealkylation sites (tertiary alicyclic amines) is 1. The average molecular weight is 443 g/mol. The van der Waals surface area contributed by atoms with E-state index in [9.17, 15) is 14.7 Å². The van der Waals surface area contributed by atoms with Crippen LogP contribution in [0.2, 0.25) is 0 Å². The van der Waals surface area contributed by atoms with E-state index in [1.807, 2.05) is 69.4 Å². The summed E-state index contributed by atoms with van der Waals surface area (Å²) in [5.74, 6) is -0.430. The van der Waals surface area contributed by atoms with Gasteiger partial charge in [0, 0.05) is 23.5 Å². The normalized spacial score (nSPS) is 18.4. The molecule has 7 heteroatoms. The Morgan fingerprint density at radius 3 is 2.58 bits per heavy atom. The van der Waals surface area contributed by atoms with Crippen molar-refractivity contribution in [3.63, 3.8) is 0 Å². The molecule has 0 radical (unpaired) electrons. The van der Waals surface area contributed by atoms with Gasteiger partial charge < -0.3 is 19.6 Å². The minimum Gasteiger partial charge on any atom is -0.507 e. The van der Waals surface area contributed by atoms with E-state index in [0.717, 1.165) is 16.2 Å². The lowest BCUT2D eigenvalue weighted by atomic mass is 9.95. The minimum absolute atomic E-state index is 0.144. The average Bonchev–Trinajstić information content (AvgIpc) is 3.34. The second kappa shape index (κ2) is 9.66. The van der Waals surface area contributed by atoms with Crippen LogP contribution in [-0.2, 0) is 9.59 Å². The topological polar surface area (TPSA) is 70.1 Å². The van der Waals surface area contributed by atoms with Crippen molar-refractivity contribution in [3.05, 3.63) is 57.3 Å². The molecule has 0 saturated carbocycles. The van der Waals surface area contributed by atoms with E-state index < -0.39 is 17.7 Å². The highest BCUT2D eigenvalue weighted by atomic mass is 32.1. The quantitative estimate of drug-likeness (QED) is 0.376. The van der Waals surface area contributed by atoms with Crippen LogP contribution in [0.4, 0.5) is 0 Å². The fraction of sp³-hybridized carbons (Fsp3) is 0.417. The van der Waals surface area contributed by atoms with Crippen LogP contribution in [0, 0.1) is 0 Å². The van der Waals surface area contributed by atoms with Gasteiger partial charge in [0.05, 0.1) is 18.2 Å².